The summed E-state index contributed by atoms with van der Waals surface area (Å²) in [5, 5.41) is 1.86. The maximum Gasteiger partial charge on any atom is 0.190 e. The number of benzene rings is 1. The van der Waals surface area contributed by atoms with Crippen LogP contribution >= 0.6 is 11.8 Å². The van der Waals surface area contributed by atoms with E-state index in [0.717, 1.165) is 22.3 Å². The number of nitrogens with two attached hydrogens (primary N) is 1. The first-order valence-corrected chi connectivity index (χ1v) is 7.27. The third-order valence-corrected chi connectivity index (χ3v) is 3.81. The fourth-order valence-corrected chi connectivity index (χ4v) is 2.85. The van der Waals surface area contributed by atoms with Crippen molar-refractivity contribution in [2.75, 3.05) is 5.73 Å². The van der Waals surface area contributed by atoms with Crippen LogP contribution in [0.5, 0.6) is 0 Å². The van der Waals surface area contributed by atoms with E-state index in [1.54, 1.807) is 24.0 Å². The van der Waals surface area contributed by atoms with E-state index in [4.69, 9.17) is 5.73 Å². The lowest BCUT2D eigenvalue weighted by Gasteiger charge is -2.04. The highest BCUT2D eigenvalue weighted by atomic mass is 32.2. The van der Waals surface area contributed by atoms with E-state index in [9.17, 15) is 0 Å². The van der Waals surface area contributed by atoms with Crippen molar-refractivity contribution in [3.63, 3.8) is 0 Å². The molecular weight excluding hydrogens is 268 g/mol. The summed E-state index contributed by atoms with van der Waals surface area (Å²) in [6.07, 6.45) is 1.81. The first-order valence-electron chi connectivity index (χ1n) is 6.28. The van der Waals surface area contributed by atoms with Crippen LogP contribution < -0.4 is 5.73 Å². The Morgan fingerprint density at radius 3 is 2.90 bits per heavy atom. The molecule has 0 bridgehead atoms. The van der Waals surface area contributed by atoms with Gasteiger partial charge in [-0.05, 0) is 30.7 Å². The molecule has 0 aliphatic rings. The molecular formula is C15H14N4S. The third kappa shape index (κ3) is 2.88. The van der Waals surface area contributed by atoms with Gasteiger partial charge in [0.05, 0.1) is 5.52 Å². The molecule has 0 radical (unpaired) electrons. The molecule has 1 aromatic carbocycles. The molecule has 5 heteroatoms. The quantitative estimate of drug-likeness (QED) is 0.590. The lowest BCUT2D eigenvalue weighted by molar-refractivity contribution is 0.940. The molecule has 3 rings (SSSR count). The van der Waals surface area contributed by atoms with Crippen LogP contribution in [0.1, 0.15) is 11.3 Å². The minimum Gasteiger partial charge on any atom is -0.384 e. The topological polar surface area (TPSA) is 64.7 Å². The molecule has 0 spiro atoms. The Bertz CT molecular complexity index is 737. The average Bonchev–Trinajstić information content (AvgIpc) is 2.44. The first kappa shape index (κ1) is 12.9. The number of hydrogen-bond donors (Lipinski definition) is 1. The normalized spacial score (nSPS) is 10.8. The van der Waals surface area contributed by atoms with Crippen molar-refractivity contribution in [3.8, 4) is 0 Å². The summed E-state index contributed by atoms with van der Waals surface area (Å²) in [5.41, 5.74) is 8.85. The molecule has 0 saturated carbocycles. The number of pyridine rings is 1. The minimum atomic E-state index is 0.516. The molecule has 0 aliphatic heterocycles. The number of nitrogen functional groups attached to an aromatic ring is 1. The lowest BCUT2D eigenvalue weighted by Crippen LogP contribution is -1.96. The molecule has 4 nitrogen and oxygen atoms in total. The third-order valence-electron chi connectivity index (χ3n) is 2.89. The maximum atomic E-state index is 5.73. The van der Waals surface area contributed by atoms with Crippen molar-refractivity contribution in [1.82, 2.24) is 15.0 Å². The summed E-state index contributed by atoms with van der Waals surface area (Å²) in [6.45, 7) is 1.92. The van der Waals surface area contributed by atoms with E-state index in [1.165, 1.54) is 5.56 Å². The molecule has 0 amide bonds. The van der Waals surface area contributed by atoms with Crippen LogP contribution in [0.4, 0.5) is 5.82 Å². The fraction of sp³-hybridized carbons (Fsp3) is 0.133. The first-order chi connectivity index (χ1) is 9.70. The van der Waals surface area contributed by atoms with Crippen molar-refractivity contribution < 1.29 is 0 Å². The van der Waals surface area contributed by atoms with Crippen LogP contribution in [0.25, 0.3) is 10.9 Å². The van der Waals surface area contributed by atoms with Crippen LogP contribution in [-0.4, -0.2) is 15.0 Å². The zero-order valence-corrected chi connectivity index (χ0v) is 11.9. The minimum absolute atomic E-state index is 0.516. The van der Waals surface area contributed by atoms with Crippen LogP contribution in [-0.2, 0) is 5.75 Å². The van der Waals surface area contributed by atoms with Crippen molar-refractivity contribution in [3.05, 3.63) is 53.9 Å². The SMILES string of the molecule is Cc1cc(N)nc(SCc2ccc3ncccc3c2)n1. The number of anilines is 1. The largest absolute Gasteiger partial charge is 0.384 e. The second-order valence-electron chi connectivity index (χ2n) is 4.54. The van der Waals surface area contributed by atoms with Gasteiger partial charge in [0.25, 0.3) is 0 Å². The molecule has 2 heterocycles. The monoisotopic (exact) mass is 282 g/mol. The van der Waals surface area contributed by atoms with Crippen LogP contribution in [0, 0.1) is 6.92 Å². The van der Waals surface area contributed by atoms with Crippen LogP contribution in [0.3, 0.4) is 0 Å². The fourth-order valence-electron chi connectivity index (χ4n) is 1.99. The molecule has 0 aliphatic carbocycles. The average molecular weight is 282 g/mol. The number of rotatable bonds is 3. The van der Waals surface area contributed by atoms with Crippen molar-refractivity contribution in [2.24, 2.45) is 0 Å². The smallest absolute Gasteiger partial charge is 0.190 e. The van der Waals surface area contributed by atoms with Crippen LogP contribution in [0.2, 0.25) is 0 Å². The summed E-state index contributed by atoms with van der Waals surface area (Å²) >= 11 is 1.59. The standard InChI is InChI=1S/C15H14N4S/c1-10-7-14(16)19-15(18-10)20-9-11-4-5-13-12(8-11)3-2-6-17-13/h2-8H,9H2,1H3,(H2,16,18,19). The van der Waals surface area contributed by atoms with Gasteiger partial charge in [-0.1, -0.05) is 23.9 Å². The Morgan fingerprint density at radius 1 is 1.15 bits per heavy atom. The highest BCUT2D eigenvalue weighted by molar-refractivity contribution is 7.98. The predicted octanol–water partition coefficient (Wildman–Crippen LogP) is 3.21. The van der Waals surface area contributed by atoms with Gasteiger partial charge in [0.15, 0.2) is 5.16 Å². The number of fused-ring (bicyclic) bond motifs is 1. The van der Waals surface area contributed by atoms with Gasteiger partial charge < -0.3 is 5.73 Å². The number of thioether (sulfide) groups is 1. The summed E-state index contributed by atoms with van der Waals surface area (Å²) in [5.74, 6) is 1.33. The number of aromatic nitrogens is 3. The summed E-state index contributed by atoms with van der Waals surface area (Å²) < 4.78 is 0. The zero-order chi connectivity index (χ0) is 13.9. The zero-order valence-electron chi connectivity index (χ0n) is 11.1. The highest BCUT2D eigenvalue weighted by Crippen LogP contribution is 2.22. The summed E-state index contributed by atoms with van der Waals surface area (Å²) in [4.78, 5) is 12.9. The Kier molecular flexibility index (Phi) is 3.52. The summed E-state index contributed by atoms with van der Waals surface area (Å²) in [6, 6.07) is 12.1. The summed E-state index contributed by atoms with van der Waals surface area (Å²) in [7, 11) is 0. The molecule has 100 valence electrons. The Balaban J connectivity index is 1.79. The number of hydrogen-bond acceptors (Lipinski definition) is 5. The van der Waals surface area contributed by atoms with E-state index >= 15 is 0 Å². The predicted molar refractivity (Wildman–Crippen MR) is 82.5 cm³/mol. The van der Waals surface area contributed by atoms with Gasteiger partial charge >= 0.3 is 0 Å². The van der Waals surface area contributed by atoms with E-state index in [0.29, 0.717) is 11.0 Å². The number of aryl methyl sites for hydroxylation is 1. The second kappa shape index (κ2) is 5.46. The van der Waals surface area contributed by atoms with E-state index in [1.807, 2.05) is 19.1 Å². The Morgan fingerprint density at radius 2 is 2.05 bits per heavy atom. The molecule has 0 unspecified atom stereocenters. The Labute approximate surface area is 121 Å². The van der Waals surface area contributed by atoms with Crippen molar-refractivity contribution in [1.29, 1.82) is 0 Å². The van der Waals surface area contributed by atoms with Gasteiger partial charge in [-0.3, -0.25) is 4.98 Å². The molecule has 2 N–H and O–H groups in total. The van der Waals surface area contributed by atoms with Gasteiger partial charge in [0.2, 0.25) is 0 Å². The Hall–Kier alpha value is -2.14. The van der Waals surface area contributed by atoms with E-state index in [2.05, 4.69) is 33.2 Å². The van der Waals surface area contributed by atoms with Gasteiger partial charge in [0, 0.05) is 29.1 Å². The van der Waals surface area contributed by atoms with Crippen molar-refractivity contribution in [2.45, 2.75) is 17.8 Å². The van der Waals surface area contributed by atoms with Gasteiger partial charge in [-0.15, -0.1) is 0 Å². The molecule has 0 atom stereocenters. The molecule has 3 aromatic rings. The van der Waals surface area contributed by atoms with Gasteiger partial charge in [-0.2, -0.15) is 0 Å². The number of nitrogens with zero attached hydrogens (tertiary/aromatic N) is 3. The highest BCUT2D eigenvalue weighted by Gasteiger charge is 2.03. The molecule has 0 saturated heterocycles. The molecule has 0 fully saturated rings. The maximum absolute atomic E-state index is 5.73. The van der Waals surface area contributed by atoms with E-state index < -0.39 is 0 Å². The van der Waals surface area contributed by atoms with Crippen molar-refractivity contribution >= 4 is 28.5 Å². The lowest BCUT2D eigenvalue weighted by atomic mass is 10.1. The van der Waals surface area contributed by atoms with Gasteiger partial charge in [0.1, 0.15) is 5.82 Å². The van der Waals surface area contributed by atoms with Gasteiger partial charge in [-0.25, -0.2) is 9.97 Å². The molecule has 2 aromatic heterocycles. The molecule has 20 heavy (non-hydrogen) atoms. The van der Waals surface area contributed by atoms with E-state index in [-0.39, 0.29) is 0 Å². The van der Waals surface area contributed by atoms with Crippen LogP contribution in [0.15, 0.2) is 47.8 Å². The second-order valence-corrected chi connectivity index (χ2v) is 5.48.